The maximum atomic E-state index is 5.12. The second-order valence-electron chi connectivity index (χ2n) is 4.46. The van der Waals surface area contributed by atoms with Crippen molar-refractivity contribution >= 4 is 21.6 Å². The van der Waals surface area contributed by atoms with Gasteiger partial charge in [0.1, 0.15) is 0 Å². The molecule has 0 atom stereocenters. The minimum Gasteiger partial charge on any atom is -0.481 e. The summed E-state index contributed by atoms with van der Waals surface area (Å²) in [6, 6.07) is 10.0. The van der Waals surface area contributed by atoms with Crippen LogP contribution in [0, 0.1) is 13.8 Å². The molecule has 100 valence electrons. The molecule has 0 aliphatic carbocycles. The average Bonchev–Trinajstić information content (AvgIpc) is 2.37. The van der Waals surface area contributed by atoms with E-state index >= 15 is 0 Å². The van der Waals surface area contributed by atoms with Gasteiger partial charge in [0, 0.05) is 10.5 Å². The van der Waals surface area contributed by atoms with Crippen LogP contribution in [0.1, 0.15) is 16.8 Å². The van der Waals surface area contributed by atoms with Crippen LogP contribution in [0.5, 0.6) is 5.88 Å². The number of anilines is 1. The number of ether oxygens (including phenoxy) is 1. The SMILES string of the molecule is COc1cccc(CNc2c(C)cc(C)cc2Br)n1. The van der Waals surface area contributed by atoms with E-state index < -0.39 is 0 Å². The lowest BCUT2D eigenvalue weighted by atomic mass is 10.1. The summed E-state index contributed by atoms with van der Waals surface area (Å²) in [5.41, 5.74) is 4.52. The Labute approximate surface area is 122 Å². The minimum atomic E-state index is 0.638. The van der Waals surface area contributed by atoms with Crippen molar-refractivity contribution in [2.24, 2.45) is 0 Å². The van der Waals surface area contributed by atoms with E-state index in [1.807, 2.05) is 18.2 Å². The van der Waals surface area contributed by atoms with Crippen LogP contribution < -0.4 is 10.1 Å². The highest BCUT2D eigenvalue weighted by Gasteiger charge is 2.05. The van der Waals surface area contributed by atoms with E-state index in [0.717, 1.165) is 15.9 Å². The molecule has 0 spiro atoms. The molecular formula is C15H17BrN2O. The van der Waals surface area contributed by atoms with E-state index in [1.165, 1.54) is 11.1 Å². The third-order valence-corrected chi connectivity index (χ3v) is 3.49. The summed E-state index contributed by atoms with van der Waals surface area (Å²) in [6.45, 7) is 4.85. The third kappa shape index (κ3) is 3.47. The predicted octanol–water partition coefficient (Wildman–Crippen LogP) is 4.08. The molecule has 19 heavy (non-hydrogen) atoms. The lowest BCUT2D eigenvalue weighted by Gasteiger charge is -2.13. The number of halogens is 1. The molecule has 0 radical (unpaired) electrons. The maximum absolute atomic E-state index is 5.12. The Morgan fingerprint density at radius 1 is 1.26 bits per heavy atom. The zero-order chi connectivity index (χ0) is 13.8. The molecule has 0 unspecified atom stereocenters. The van der Waals surface area contributed by atoms with Gasteiger partial charge in [0.15, 0.2) is 0 Å². The minimum absolute atomic E-state index is 0.638. The topological polar surface area (TPSA) is 34.1 Å². The van der Waals surface area contributed by atoms with Crippen molar-refractivity contribution in [2.45, 2.75) is 20.4 Å². The molecular weight excluding hydrogens is 304 g/mol. The van der Waals surface area contributed by atoms with Crippen LogP contribution in [0.3, 0.4) is 0 Å². The van der Waals surface area contributed by atoms with Crippen LogP contribution in [0.15, 0.2) is 34.8 Å². The number of rotatable bonds is 4. The molecule has 0 fully saturated rings. The molecule has 0 aliphatic rings. The summed E-state index contributed by atoms with van der Waals surface area (Å²) in [7, 11) is 1.63. The van der Waals surface area contributed by atoms with Gasteiger partial charge in [-0.15, -0.1) is 0 Å². The van der Waals surface area contributed by atoms with E-state index in [0.29, 0.717) is 12.4 Å². The normalized spacial score (nSPS) is 10.3. The van der Waals surface area contributed by atoms with Crippen molar-refractivity contribution in [3.63, 3.8) is 0 Å². The first-order valence-corrected chi connectivity index (χ1v) is 6.90. The largest absolute Gasteiger partial charge is 0.481 e. The third-order valence-electron chi connectivity index (χ3n) is 2.87. The lowest BCUT2D eigenvalue weighted by molar-refractivity contribution is 0.396. The highest BCUT2D eigenvalue weighted by Crippen LogP contribution is 2.28. The highest BCUT2D eigenvalue weighted by molar-refractivity contribution is 9.10. The molecule has 1 heterocycles. The molecule has 2 aromatic rings. The van der Waals surface area contributed by atoms with Gasteiger partial charge in [-0.2, -0.15) is 0 Å². The molecule has 0 saturated heterocycles. The predicted molar refractivity (Wildman–Crippen MR) is 81.7 cm³/mol. The Bertz CT molecular complexity index is 561. The van der Waals surface area contributed by atoms with Crippen molar-refractivity contribution in [3.8, 4) is 5.88 Å². The Hall–Kier alpha value is -1.55. The average molecular weight is 321 g/mol. The van der Waals surface area contributed by atoms with Gasteiger partial charge in [-0.25, -0.2) is 4.98 Å². The van der Waals surface area contributed by atoms with Crippen LogP contribution in [0.2, 0.25) is 0 Å². The smallest absolute Gasteiger partial charge is 0.213 e. The number of aromatic nitrogens is 1. The number of benzene rings is 1. The van der Waals surface area contributed by atoms with E-state index in [1.54, 1.807) is 7.11 Å². The van der Waals surface area contributed by atoms with Gasteiger partial charge in [-0.3, -0.25) is 0 Å². The first kappa shape index (κ1) is 13.9. The van der Waals surface area contributed by atoms with Gasteiger partial charge in [0.2, 0.25) is 5.88 Å². The number of nitrogens with one attached hydrogen (secondary N) is 1. The summed E-state index contributed by atoms with van der Waals surface area (Å²) in [5, 5.41) is 3.41. The molecule has 2 rings (SSSR count). The van der Waals surface area contributed by atoms with Crippen molar-refractivity contribution in [1.82, 2.24) is 4.98 Å². The molecule has 1 aromatic carbocycles. The molecule has 0 amide bonds. The first-order chi connectivity index (χ1) is 9.10. The fraction of sp³-hybridized carbons (Fsp3) is 0.267. The summed E-state index contributed by atoms with van der Waals surface area (Å²) in [6.07, 6.45) is 0. The summed E-state index contributed by atoms with van der Waals surface area (Å²) in [4.78, 5) is 4.38. The van der Waals surface area contributed by atoms with Crippen LogP contribution in [-0.4, -0.2) is 12.1 Å². The molecule has 0 saturated carbocycles. The van der Waals surface area contributed by atoms with Crippen LogP contribution in [-0.2, 0) is 6.54 Å². The van der Waals surface area contributed by atoms with Crippen LogP contribution >= 0.6 is 15.9 Å². The quantitative estimate of drug-likeness (QED) is 0.921. The summed E-state index contributed by atoms with van der Waals surface area (Å²) >= 11 is 3.59. The molecule has 1 N–H and O–H groups in total. The Balaban J connectivity index is 2.14. The number of aryl methyl sites for hydroxylation is 2. The van der Waals surface area contributed by atoms with Crippen molar-refractivity contribution < 1.29 is 4.74 Å². The fourth-order valence-electron chi connectivity index (χ4n) is 1.99. The van der Waals surface area contributed by atoms with E-state index in [4.69, 9.17) is 4.74 Å². The van der Waals surface area contributed by atoms with Crippen molar-refractivity contribution in [3.05, 3.63) is 51.6 Å². The zero-order valence-electron chi connectivity index (χ0n) is 11.3. The Morgan fingerprint density at radius 2 is 2.05 bits per heavy atom. The number of hydrogen-bond acceptors (Lipinski definition) is 3. The Kier molecular flexibility index (Phi) is 4.43. The molecule has 0 bridgehead atoms. The van der Waals surface area contributed by atoms with Crippen LogP contribution in [0.25, 0.3) is 0 Å². The first-order valence-electron chi connectivity index (χ1n) is 6.10. The second kappa shape index (κ2) is 6.06. The van der Waals surface area contributed by atoms with Crippen LogP contribution in [0.4, 0.5) is 5.69 Å². The lowest BCUT2D eigenvalue weighted by Crippen LogP contribution is -2.04. The zero-order valence-corrected chi connectivity index (χ0v) is 12.9. The Morgan fingerprint density at radius 3 is 2.74 bits per heavy atom. The maximum Gasteiger partial charge on any atom is 0.213 e. The number of pyridine rings is 1. The summed E-state index contributed by atoms with van der Waals surface area (Å²) < 4.78 is 6.20. The van der Waals surface area contributed by atoms with E-state index in [9.17, 15) is 0 Å². The van der Waals surface area contributed by atoms with Gasteiger partial charge >= 0.3 is 0 Å². The highest BCUT2D eigenvalue weighted by atomic mass is 79.9. The van der Waals surface area contributed by atoms with Gasteiger partial charge < -0.3 is 10.1 Å². The van der Waals surface area contributed by atoms with Gasteiger partial charge in [0.25, 0.3) is 0 Å². The molecule has 1 aromatic heterocycles. The van der Waals surface area contributed by atoms with Gasteiger partial charge in [-0.05, 0) is 53.0 Å². The van der Waals surface area contributed by atoms with Crippen molar-refractivity contribution in [1.29, 1.82) is 0 Å². The monoisotopic (exact) mass is 320 g/mol. The standard InChI is InChI=1S/C15H17BrN2O/c1-10-7-11(2)15(13(16)8-10)17-9-12-5-4-6-14(18-12)19-3/h4-8,17H,9H2,1-3H3. The molecule has 0 aliphatic heterocycles. The summed E-state index contributed by atoms with van der Waals surface area (Å²) in [5.74, 6) is 0.638. The molecule has 3 nitrogen and oxygen atoms in total. The fourth-order valence-corrected chi connectivity index (χ4v) is 2.80. The van der Waals surface area contributed by atoms with Crippen molar-refractivity contribution in [2.75, 3.05) is 12.4 Å². The van der Waals surface area contributed by atoms with E-state index in [2.05, 4.69) is 52.2 Å². The van der Waals surface area contributed by atoms with Gasteiger partial charge in [-0.1, -0.05) is 12.1 Å². The number of nitrogens with zero attached hydrogens (tertiary/aromatic N) is 1. The van der Waals surface area contributed by atoms with Gasteiger partial charge in [0.05, 0.1) is 25.0 Å². The number of methoxy groups -OCH3 is 1. The molecule has 4 heteroatoms. The number of hydrogen-bond donors (Lipinski definition) is 1. The second-order valence-corrected chi connectivity index (χ2v) is 5.32. The van der Waals surface area contributed by atoms with E-state index in [-0.39, 0.29) is 0 Å².